The molecule has 4 rings (SSSR count). The van der Waals surface area contributed by atoms with Gasteiger partial charge in [0.1, 0.15) is 0 Å². The van der Waals surface area contributed by atoms with Crippen molar-refractivity contribution in [3.63, 3.8) is 0 Å². The van der Waals surface area contributed by atoms with Crippen LogP contribution in [0.4, 0.5) is 0 Å². The Hall–Kier alpha value is -2.59. The van der Waals surface area contributed by atoms with Gasteiger partial charge in [-0.1, -0.05) is 42.5 Å². The van der Waals surface area contributed by atoms with Crippen LogP contribution >= 0.6 is 0 Å². The van der Waals surface area contributed by atoms with Gasteiger partial charge in [0, 0.05) is 29.9 Å². The van der Waals surface area contributed by atoms with Crippen LogP contribution in [0.2, 0.25) is 0 Å². The quantitative estimate of drug-likeness (QED) is 0.670. The van der Waals surface area contributed by atoms with E-state index in [1.54, 1.807) is 0 Å². The minimum Gasteiger partial charge on any atom is -0.390 e. The molecule has 1 amide bonds. The zero-order valence-corrected chi connectivity index (χ0v) is 14.0. The van der Waals surface area contributed by atoms with Gasteiger partial charge in [0.2, 0.25) is 5.91 Å². The Kier molecular flexibility index (Phi) is 4.28. The van der Waals surface area contributed by atoms with Crippen molar-refractivity contribution in [2.45, 2.75) is 37.8 Å². The fourth-order valence-electron chi connectivity index (χ4n) is 3.77. The van der Waals surface area contributed by atoms with E-state index in [1.165, 1.54) is 10.9 Å². The molecule has 1 aliphatic rings. The van der Waals surface area contributed by atoms with Crippen LogP contribution in [0.15, 0.2) is 54.7 Å². The molecule has 2 atom stereocenters. The van der Waals surface area contributed by atoms with E-state index in [4.69, 9.17) is 0 Å². The molecule has 3 N–H and O–H groups in total. The number of aliphatic hydroxyl groups is 1. The van der Waals surface area contributed by atoms with Crippen LogP contribution in [0.1, 0.15) is 35.6 Å². The summed E-state index contributed by atoms with van der Waals surface area (Å²) in [4.78, 5) is 15.6. The van der Waals surface area contributed by atoms with Gasteiger partial charge in [-0.15, -0.1) is 0 Å². The highest BCUT2D eigenvalue weighted by Crippen LogP contribution is 2.31. The van der Waals surface area contributed by atoms with Crippen LogP contribution in [-0.4, -0.2) is 22.1 Å². The van der Waals surface area contributed by atoms with Crippen molar-refractivity contribution in [3.8, 4) is 0 Å². The second kappa shape index (κ2) is 6.73. The summed E-state index contributed by atoms with van der Waals surface area (Å²) in [6, 6.07) is 15.9. The molecule has 4 heteroatoms. The molecule has 0 unspecified atom stereocenters. The minimum atomic E-state index is -0.532. The summed E-state index contributed by atoms with van der Waals surface area (Å²) in [5, 5.41) is 14.5. The smallest absolute Gasteiger partial charge is 0.220 e. The van der Waals surface area contributed by atoms with Crippen molar-refractivity contribution in [2.24, 2.45) is 0 Å². The number of aromatic nitrogens is 1. The van der Waals surface area contributed by atoms with Gasteiger partial charge in [-0.2, -0.15) is 0 Å². The van der Waals surface area contributed by atoms with E-state index >= 15 is 0 Å². The number of hydrogen-bond donors (Lipinski definition) is 3. The Bertz CT molecular complexity index is 900. The van der Waals surface area contributed by atoms with Gasteiger partial charge in [0.05, 0.1) is 12.1 Å². The topological polar surface area (TPSA) is 65.1 Å². The summed E-state index contributed by atoms with van der Waals surface area (Å²) in [6.45, 7) is 0. The third kappa shape index (κ3) is 3.17. The molecule has 2 aromatic carbocycles. The van der Waals surface area contributed by atoms with Crippen LogP contribution in [-0.2, 0) is 17.6 Å². The summed E-state index contributed by atoms with van der Waals surface area (Å²) in [6.07, 6.45) is 4.22. The van der Waals surface area contributed by atoms with Gasteiger partial charge in [-0.25, -0.2) is 0 Å². The van der Waals surface area contributed by atoms with Crippen molar-refractivity contribution < 1.29 is 9.90 Å². The number of carbonyl (C=O) groups excluding carboxylic acids is 1. The largest absolute Gasteiger partial charge is 0.390 e. The van der Waals surface area contributed by atoms with E-state index in [0.717, 1.165) is 29.5 Å². The molecule has 1 heterocycles. The molecule has 0 saturated carbocycles. The highest BCUT2D eigenvalue weighted by atomic mass is 16.3. The average Bonchev–Trinajstić information content (AvgIpc) is 3.17. The number of benzene rings is 2. The Morgan fingerprint density at radius 2 is 1.96 bits per heavy atom. The lowest BCUT2D eigenvalue weighted by atomic mass is 10.1. The third-order valence-electron chi connectivity index (χ3n) is 5.05. The molecular weight excluding hydrogens is 312 g/mol. The lowest BCUT2D eigenvalue weighted by molar-refractivity contribution is -0.122. The number of rotatable bonds is 5. The number of aromatic amines is 1. The predicted octanol–water partition coefficient (Wildman–Crippen LogP) is 3.27. The molecule has 0 radical (unpaired) electrons. The molecule has 1 aromatic heterocycles. The zero-order valence-electron chi connectivity index (χ0n) is 14.0. The molecule has 128 valence electrons. The molecule has 0 bridgehead atoms. The Morgan fingerprint density at radius 1 is 1.16 bits per heavy atom. The van der Waals surface area contributed by atoms with Gasteiger partial charge in [-0.3, -0.25) is 4.79 Å². The maximum Gasteiger partial charge on any atom is 0.220 e. The third-order valence-corrected chi connectivity index (χ3v) is 5.05. The van der Waals surface area contributed by atoms with Gasteiger partial charge in [0.15, 0.2) is 0 Å². The van der Waals surface area contributed by atoms with Gasteiger partial charge < -0.3 is 15.4 Å². The van der Waals surface area contributed by atoms with E-state index in [0.29, 0.717) is 12.8 Å². The zero-order chi connectivity index (χ0) is 17.2. The van der Waals surface area contributed by atoms with Crippen molar-refractivity contribution in [1.29, 1.82) is 0 Å². The fraction of sp³-hybridized carbons (Fsp3) is 0.286. The number of aliphatic hydroxyl groups excluding tert-OH is 1. The first kappa shape index (κ1) is 15.9. The Morgan fingerprint density at radius 3 is 2.88 bits per heavy atom. The van der Waals surface area contributed by atoms with Crippen molar-refractivity contribution in [3.05, 3.63) is 71.4 Å². The molecule has 0 spiro atoms. The minimum absolute atomic E-state index is 0.000550. The lowest BCUT2D eigenvalue weighted by Gasteiger charge is -2.18. The SMILES string of the molecule is O=C(CCCc1c[nH]c2ccccc12)N[C@H]1c2ccccc2C[C@H]1O. The predicted molar refractivity (Wildman–Crippen MR) is 98.3 cm³/mol. The fourth-order valence-corrected chi connectivity index (χ4v) is 3.77. The normalized spacial score (nSPS) is 19.1. The maximum atomic E-state index is 12.3. The number of nitrogens with one attached hydrogen (secondary N) is 2. The number of H-pyrrole nitrogens is 1. The van der Waals surface area contributed by atoms with Crippen molar-refractivity contribution in [1.82, 2.24) is 10.3 Å². The first-order valence-electron chi connectivity index (χ1n) is 8.82. The molecule has 1 aliphatic carbocycles. The van der Waals surface area contributed by atoms with Crippen LogP contribution in [0, 0.1) is 0 Å². The van der Waals surface area contributed by atoms with E-state index in [-0.39, 0.29) is 11.9 Å². The highest BCUT2D eigenvalue weighted by Gasteiger charge is 2.31. The number of carbonyl (C=O) groups is 1. The van der Waals surface area contributed by atoms with Crippen LogP contribution in [0.25, 0.3) is 10.9 Å². The molecular formula is C21H22N2O2. The molecule has 0 fully saturated rings. The number of fused-ring (bicyclic) bond motifs is 2. The van der Waals surface area contributed by atoms with E-state index in [1.807, 2.05) is 42.6 Å². The molecule has 3 aromatic rings. The number of amides is 1. The second-order valence-electron chi connectivity index (χ2n) is 6.73. The molecule has 0 aliphatic heterocycles. The summed E-state index contributed by atoms with van der Waals surface area (Å²) in [7, 11) is 0. The number of para-hydroxylation sites is 1. The maximum absolute atomic E-state index is 12.3. The van der Waals surface area contributed by atoms with E-state index in [9.17, 15) is 9.90 Å². The standard InChI is InChI=1S/C21H22N2O2/c24-19-12-14-6-1-2-9-17(14)21(19)23-20(25)11-5-7-15-13-22-18-10-4-3-8-16(15)18/h1-4,6,8-10,13,19,21-22,24H,5,7,11-12H2,(H,23,25)/t19-,21+/m1/s1. The van der Waals surface area contributed by atoms with Crippen molar-refractivity contribution >= 4 is 16.8 Å². The highest BCUT2D eigenvalue weighted by molar-refractivity contribution is 5.83. The summed E-state index contributed by atoms with van der Waals surface area (Å²) < 4.78 is 0. The molecule has 4 nitrogen and oxygen atoms in total. The van der Waals surface area contributed by atoms with Crippen LogP contribution in [0.5, 0.6) is 0 Å². The molecule has 0 saturated heterocycles. The second-order valence-corrected chi connectivity index (χ2v) is 6.73. The summed E-state index contributed by atoms with van der Waals surface area (Å²) in [5.41, 5.74) is 4.54. The van der Waals surface area contributed by atoms with Crippen LogP contribution < -0.4 is 5.32 Å². The Labute approximate surface area is 146 Å². The van der Waals surface area contributed by atoms with Gasteiger partial charge in [0.25, 0.3) is 0 Å². The summed E-state index contributed by atoms with van der Waals surface area (Å²) >= 11 is 0. The summed E-state index contributed by atoms with van der Waals surface area (Å²) in [5.74, 6) is 0.000550. The van der Waals surface area contributed by atoms with Crippen LogP contribution in [0.3, 0.4) is 0 Å². The van der Waals surface area contributed by atoms with Gasteiger partial charge in [-0.05, 0) is 35.6 Å². The first-order chi connectivity index (χ1) is 12.2. The average molecular weight is 334 g/mol. The van der Waals surface area contributed by atoms with Crippen molar-refractivity contribution in [2.75, 3.05) is 0 Å². The van der Waals surface area contributed by atoms with Gasteiger partial charge >= 0.3 is 0 Å². The molecule has 25 heavy (non-hydrogen) atoms. The lowest BCUT2D eigenvalue weighted by Crippen LogP contribution is -2.33. The Balaban J connectivity index is 1.34. The first-order valence-corrected chi connectivity index (χ1v) is 8.82. The van der Waals surface area contributed by atoms with E-state index < -0.39 is 6.10 Å². The monoisotopic (exact) mass is 334 g/mol. The van der Waals surface area contributed by atoms with E-state index in [2.05, 4.69) is 22.4 Å². The number of hydrogen-bond acceptors (Lipinski definition) is 2. The number of aryl methyl sites for hydroxylation is 1.